The van der Waals surface area contributed by atoms with Crippen molar-refractivity contribution in [2.24, 2.45) is 12.8 Å². The zero-order valence-electron chi connectivity index (χ0n) is 14.7. The fourth-order valence-corrected chi connectivity index (χ4v) is 2.59. The molecule has 0 saturated heterocycles. The minimum absolute atomic E-state index is 0.254. The van der Waals surface area contributed by atoms with E-state index in [1.807, 2.05) is 36.4 Å². The van der Waals surface area contributed by atoms with Crippen LogP contribution in [0.4, 0.5) is 5.82 Å². The predicted octanol–water partition coefficient (Wildman–Crippen LogP) is 2.00. The van der Waals surface area contributed by atoms with Gasteiger partial charge in [-0.3, -0.25) is 9.48 Å². The molecular weight excluding hydrogens is 330 g/mol. The minimum Gasteiger partial charge on any atom is -0.481 e. The number of rotatable bonds is 6. The first kappa shape index (κ1) is 17.6. The second-order valence-corrected chi connectivity index (χ2v) is 5.91. The second kappa shape index (κ2) is 7.79. The van der Waals surface area contributed by atoms with Gasteiger partial charge in [0.1, 0.15) is 5.82 Å². The summed E-state index contributed by atoms with van der Waals surface area (Å²) in [6.07, 6.45) is 2.12. The standard InChI is InChI=1S/C19H21N5O2/c1-24-17(12-16(23-24)14-8-9-21-18(11-14)26-2)22-19(25)15(20)10-13-6-4-3-5-7-13/h3-9,11-12,15H,10,20H2,1-2H3,(H,22,25)/t15-/m0/s1. The number of aromatic nitrogens is 3. The highest BCUT2D eigenvalue weighted by molar-refractivity contribution is 5.94. The minimum atomic E-state index is -0.642. The highest BCUT2D eigenvalue weighted by Gasteiger charge is 2.17. The van der Waals surface area contributed by atoms with Crippen molar-refractivity contribution in [3.8, 4) is 17.1 Å². The zero-order chi connectivity index (χ0) is 18.5. The molecule has 0 unspecified atom stereocenters. The van der Waals surface area contributed by atoms with Crippen molar-refractivity contribution >= 4 is 11.7 Å². The third-order valence-electron chi connectivity index (χ3n) is 4.01. The number of methoxy groups -OCH3 is 1. The summed E-state index contributed by atoms with van der Waals surface area (Å²) in [4.78, 5) is 16.5. The molecule has 3 aromatic rings. The van der Waals surface area contributed by atoms with Crippen molar-refractivity contribution in [2.75, 3.05) is 12.4 Å². The van der Waals surface area contributed by atoms with E-state index in [4.69, 9.17) is 10.5 Å². The van der Waals surface area contributed by atoms with Gasteiger partial charge in [0, 0.05) is 30.9 Å². The van der Waals surface area contributed by atoms with Crippen molar-refractivity contribution in [2.45, 2.75) is 12.5 Å². The Kier molecular flexibility index (Phi) is 5.28. The van der Waals surface area contributed by atoms with Gasteiger partial charge < -0.3 is 15.8 Å². The predicted molar refractivity (Wildman–Crippen MR) is 99.7 cm³/mol. The molecule has 1 amide bonds. The Morgan fingerprint density at radius 1 is 1.27 bits per heavy atom. The molecule has 0 fully saturated rings. The SMILES string of the molecule is COc1cc(-c2cc(NC(=O)[C@@H](N)Cc3ccccc3)n(C)n2)ccn1. The maximum absolute atomic E-state index is 12.4. The summed E-state index contributed by atoms with van der Waals surface area (Å²) in [5.41, 5.74) is 8.61. The number of amides is 1. The number of hydrogen-bond acceptors (Lipinski definition) is 5. The summed E-state index contributed by atoms with van der Waals surface area (Å²) in [5.74, 6) is 0.823. The highest BCUT2D eigenvalue weighted by atomic mass is 16.5. The van der Waals surface area contributed by atoms with Crippen LogP contribution in [0.3, 0.4) is 0 Å². The van der Waals surface area contributed by atoms with Crippen LogP contribution in [-0.4, -0.2) is 33.8 Å². The fourth-order valence-electron chi connectivity index (χ4n) is 2.59. The first-order chi connectivity index (χ1) is 12.6. The van der Waals surface area contributed by atoms with Crippen LogP contribution in [0.25, 0.3) is 11.3 Å². The molecule has 0 aliphatic carbocycles. The van der Waals surface area contributed by atoms with Crippen LogP contribution in [0.2, 0.25) is 0 Å². The molecule has 0 spiro atoms. The maximum atomic E-state index is 12.4. The number of anilines is 1. The van der Waals surface area contributed by atoms with Crippen LogP contribution in [0, 0.1) is 0 Å². The number of hydrogen-bond donors (Lipinski definition) is 2. The van der Waals surface area contributed by atoms with Crippen LogP contribution < -0.4 is 15.8 Å². The van der Waals surface area contributed by atoms with E-state index in [9.17, 15) is 4.79 Å². The van der Waals surface area contributed by atoms with E-state index in [-0.39, 0.29) is 5.91 Å². The third kappa shape index (κ3) is 4.07. The fraction of sp³-hybridized carbons (Fsp3) is 0.211. The van der Waals surface area contributed by atoms with Gasteiger partial charge in [0.15, 0.2) is 0 Å². The number of benzene rings is 1. The maximum Gasteiger partial charge on any atom is 0.242 e. The summed E-state index contributed by atoms with van der Waals surface area (Å²) in [6.45, 7) is 0. The summed E-state index contributed by atoms with van der Waals surface area (Å²) in [5, 5.41) is 7.27. The summed E-state index contributed by atoms with van der Waals surface area (Å²) in [7, 11) is 3.32. The van der Waals surface area contributed by atoms with E-state index in [0.717, 1.165) is 11.1 Å². The summed E-state index contributed by atoms with van der Waals surface area (Å²) < 4.78 is 6.74. The molecule has 0 radical (unpaired) electrons. The molecule has 26 heavy (non-hydrogen) atoms. The topological polar surface area (TPSA) is 95.1 Å². The number of pyridine rings is 1. The molecule has 0 bridgehead atoms. The van der Waals surface area contributed by atoms with Gasteiger partial charge in [0.25, 0.3) is 0 Å². The van der Waals surface area contributed by atoms with E-state index < -0.39 is 6.04 Å². The Hall–Kier alpha value is -3.19. The molecule has 0 aliphatic rings. The number of nitrogens with zero attached hydrogens (tertiary/aromatic N) is 3. The molecular formula is C19H21N5O2. The molecule has 0 saturated carbocycles. The zero-order valence-corrected chi connectivity index (χ0v) is 14.7. The lowest BCUT2D eigenvalue weighted by molar-refractivity contribution is -0.117. The van der Waals surface area contributed by atoms with Crippen molar-refractivity contribution < 1.29 is 9.53 Å². The van der Waals surface area contributed by atoms with Gasteiger partial charge in [-0.1, -0.05) is 30.3 Å². The number of carbonyl (C=O) groups excluding carboxylic acids is 1. The molecule has 0 aliphatic heterocycles. The molecule has 7 nitrogen and oxygen atoms in total. The van der Waals surface area contributed by atoms with E-state index in [1.54, 1.807) is 37.2 Å². The largest absolute Gasteiger partial charge is 0.481 e. The summed E-state index contributed by atoms with van der Waals surface area (Å²) in [6, 6.07) is 14.5. The lowest BCUT2D eigenvalue weighted by atomic mass is 10.1. The Labute approximate surface area is 151 Å². The molecule has 3 N–H and O–H groups in total. The number of nitrogens with two attached hydrogens (primary N) is 1. The van der Waals surface area contributed by atoms with Gasteiger partial charge in [0.2, 0.25) is 11.8 Å². The van der Waals surface area contributed by atoms with Crippen LogP contribution in [0.15, 0.2) is 54.7 Å². The molecule has 3 rings (SSSR count). The average molecular weight is 351 g/mol. The molecule has 7 heteroatoms. The number of aryl methyl sites for hydroxylation is 1. The van der Waals surface area contributed by atoms with Gasteiger partial charge in [-0.25, -0.2) is 4.98 Å². The quantitative estimate of drug-likeness (QED) is 0.708. The van der Waals surface area contributed by atoms with Gasteiger partial charge in [-0.2, -0.15) is 5.10 Å². The van der Waals surface area contributed by atoms with E-state index in [2.05, 4.69) is 15.4 Å². The van der Waals surface area contributed by atoms with Crippen molar-refractivity contribution in [3.63, 3.8) is 0 Å². The van der Waals surface area contributed by atoms with E-state index >= 15 is 0 Å². The Morgan fingerprint density at radius 2 is 2.04 bits per heavy atom. The van der Waals surface area contributed by atoms with E-state index in [1.165, 1.54) is 0 Å². The van der Waals surface area contributed by atoms with Crippen LogP contribution in [0.5, 0.6) is 5.88 Å². The number of ether oxygens (including phenoxy) is 1. The number of carbonyl (C=O) groups is 1. The second-order valence-electron chi connectivity index (χ2n) is 5.91. The lowest BCUT2D eigenvalue weighted by Crippen LogP contribution is -2.37. The van der Waals surface area contributed by atoms with Gasteiger partial charge >= 0.3 is 0 Å². The molecule has 2 aromatic heterocycles. The van der Waals surface area contributed by atoms with E-state index in [0.29, 0.717) is 23.8 Å². The highest BCUT2D eigenvalue weighted by Crippen LogP contribution is 2.23. The number of nitrogens with one attached hydrogen (secondary N) is 1. The smallest absolute Gasteiger partial charge is 0.242 e. The van der Waals surface area contributed by atoms with Crippen molar-refractivity contribution in [3.05, 3.63) is 60.3 Å². The Morgan fingerprint density at radius 3 is 2.77 bits per heavy atom. The lowest BCUT2D eigenvalue weighted by Gasteiger charge is -2.12. The average Bonchev–Trinajstić information content (AvgIpc) is 3.03. The van der Waals surface area contributed by atoms with Crippen LogP contribution in [0.1, 0.15) is 5.56 Å². The summed E-state index contributed by atoms with van der Waals surface area (Å²) >= 11 is 0. The van der Waals surface area contributed by atoms with Gasteiger partial charge in [0.05, 0.1) is 18.8 Å². The Bertz CT molecular complexity index is 892. The van der Waals surface area contributed by atoms with Crippen LogP contribution in [-0.2, 0) is 18.3 Å². The van der Waals surface area contributed by atoms with Crippen LogP contribution >= 0.6 is 0 Å². The first-order valence-corrected chi connectivity index (χ1v) is 8.21. The molecule has 1 aromatic carbocycles. The Balaban J connectivity index is 1.71. The third-order valence-corrected chi connectivity index (χ3v) is 4.01. The van der Waals surface area contributed by atoms with Gasteiger partial charge in [-0.05, 0) is 18.1 Å². The van der Waals surface area contributed by atoms with Crippen molar-refractivity contribution in [1.29, 1.82) is 0 Å². The molecule has 1 atom stereocenters. The first-order valence-electron chi connectivity index (χ1n) is 8.21. The molecule has 134 valence electrons. The monoisotopic (exact) mass is 351 g/mol. The molecule has 2 heterocycles. The van der Waals surface area contributed by atoms with Gasteiger partial charge in [-0.15, -0.1) is 0 Å². The normalized spacial score (nSPS) is 11.8. The van der Waals surface area contributed by atoms with Crippen molar-refractivity contribution in [1.82, 2.24) is 14.8 Å².